The molecule has 1 atom stereocenters. The summed E-state index contributed by atoms with van der Waals surface area (Å²) in [5.74, 6) is 0.139. The number of rotatable bonds is 4. The molecule has 0 unspecified atom stereocenters. The van der Waals surface area contributed by atoms with Crippen molar-refractivity contribution in [1.29, 1.82) is 0 Å². The molecule has 6 nitrogen and oxygen atoms in total. The predicted molar refractivity (Wildman–Crippen MR) is 105 cm³/mol. The number of nitrogens with one attached hydrogen (secondary N) is 3. The fourth-order valence-corrected chi connectivity index (χ4v) is 3.28. The van der Waals surface area contributed by atoms with Crippen molar-refractivity contribution in [2.75, 3.05) is 12.4 Å². The second-order valence-corrected chi connectivity index (χ2v) is 6.66. The zero-order valence-electron chi connectivity index (χ0n) is 15.2. The smallest absolute Gasteiger partial charge is 0.319 e. The summed E-state index contributed by atoms with van der Waals surface area (Å²) in [6.45, 7) is 3.64. The van der Waals surface area contributed by atoms with Gasteiger partial charge in [0, 0.05) is 10.7 Å². The van der Waals surface area contributed by atoms with Crippen molar-refractivity contribution < 1.29 is 14.3 Å². The number of amides is 3. The summed E-state index contributed by atoms with van der Waals surface area (Å²) in [5, 5.41) is 8.81. The first-order chi connectivity index (χ1) is 12.9. The summed E-state index contributed by atoms with van der Waals surface area (Å²) in [6, 6.07) is 11.7. The molecule has 1 aliphatic heterocycles. The summed E-state index contributed by atoms with van der Waals surface area (Å²) >= 11 is 6.05. The van der Waals surface area contributed by atoms with Gasteiger partial charge in [-0.1, -0.05) is 35.9 Å². The lowest BCUT2D eigenvalue weighted by Crippen LogP contribution is -2.46. The lowest BCUT2D eigenvalue weighted by Gasteiger charge is -2.29. The summed E-state index contributed by atoms with van der Waals surface area (Å²) < 4.78 is 5.29. The van der Waals surface area contributed by atoms with Crippen LogP contribution in [0.25, 0.3) is 0 Å². The molecule has 1 aliphatic rings. The summed E-state index contributed by atoms with van der Waals surface area (Å²) in [6.07, 6.45) is 0. The van der Waals surface area contributed by atoms with E-state index in [0.29, 0.717) is 27.7 Å². The van der Waals surface area contributed by atoms with E-state index in [2.05, 4.69) is 16.0 Å². The highest BCUT2D eigenvalue weighted by Gasteiger charge is 2.32. The van der Waals surface area contributed by atoms with Gasteiger partial charge in [-0.2, -0.15) is 0 Å². The molecule has 2 aromatic rings. The van der Waals surface area contributed by atoms with Crippen molar-refractivity contribution in [3.05, 3.63) is 69.9 Å². The Kier molecular flexibility index (Phi) is 5.37. The highest BCUT2D eigenvalue weighted by Crippen LogP contribution is 2.32. The fraction of sp³-hybridized carbons (Fsp3) is 0.200. The molecule has 0 saturated carbocycles. The number of carbonyl (C=O) groups excluding carboxylic acids is 2. The van der Waals surface area contributed by atoms with E-state index in [9.17, 15) is 9.59 Å². The summed E-state index contributed by atoms with van der Waals surface area (Å²) in [5.41, 5.74) is 3.20. The van der Waals surface area contributed by atoms with E-state index in [1.807, 2.05) is 31.2 Å². The Hall–Kier alpha value is -2.99. The number of halogens is 1. The largest absolute Gasteiger partial charge is 0.495 e. The van der Waals surface area contributed by atoms with Gasteiger partial charge in [0.15, 0.2) is 0 Å². The highest BCUT2D eigenvalue weighted by atomic mass is 35.5. The van der Waals surface area contributed by atoms with E-state index in [1.165, 1.54) is 7.11 Å². The van der Waals surface area contributed by atoms with Crippen molar-refractivity contribution in [3.63, 3.8) is 0 Å². The number of methoxy groups -OCH3 is 1. The molecule has 0 aliphatic carbocycles. The SMILES string of the molecule is COc1ccc(Cl)cc1NC(=O)C1=C(C)NC(=O)N[C@H]1c1ccccc1C. The van der Waals surface area contributed by atoms with Crippen molar-refractivity contribution in [1.82, 2.24) is 10.6 Å². The molecule has 3 rings (SSSR count). The molecule has 0 bridgehead atoms. The molecular weight excluding hydrogens is 366 g/mol. The van der Waals surface area contributed by atoms with E-state index >= 15 is 0 Å². The van der Waals surface area contributed by atoms with Gasteiger partial charge in [0.05, 0.1) is 24.4 Å². The van der Waals surface area contributed by atoms with Gasteiger partial charge in [0.25, 0.3) is 5.91 Å². The highest BCUT2D eigenvalue weighted by molar-refractivity contribution is 6.31. The number of allylic oxidation sites excluding steroid dienone is 1. The van der Waals surface area contributed by atoms with Crippen molar-refractivity contribution >= 4 is 29.2 Å². The Labute approximate surface area is 162 Å². The Morgan fingerprint density at radius 1 is 1.19 bits per heavy atom. The number of hydrogen-bond acceptors (Lipinski definition) is 3. The minimum Gasteiger partial charge on any atom is -0.495 e. The van der Waals surface area contributed by atoms with Crippen molar-refractivity contribution in [3.8, 4) is 5.75 Å². The minimum atomic E-state index is -0.565. The van der Waals surface area contributed by atoms with Crippen LogP contribution in [0.3, 0.4) is 0 Å². The number of aryl methyl sites for hydroxylation is 1. The van der Waals surface area contributed by atoms with Crippen LogP contribution in [0.1, 0.15) is 24.1 Å². The number of ether oxygens (including phenoxy) is 1. The molecule has 0 radical (unpaired) electrons. The van der Waals surface area contributed by atoms with E-state index in [1.54, 1.807) is 25.1 Å². The zero-order valence-corrected chi connectivity index (χ0v) is 16.0. The number of benzene rings is 2. The van der Waals surface area contributed by atoms with Crippen LogP contribution in [0.15, 0.2) is 53.7 Å². The Morgan fingerprint density at radius 2 is 1.93 bits per heavy atom. The van der Waals surface area contributed by atoms with Gasteiger partial charge < -0.3 is 20.7 Å². The van der Waals surface area contributed by atoms with E-state index in [-0.39, 0.29) is 11.9 Å². The van der Waals surface area contributed by atoms with E-state index in [4.69, 9.17) is 16.3 Å². The van der Waals surface area contributed by atoms with Crippen LogP contribution in [0.4, 0.5) is 10.5 Å². The molecule has 2 aromatic carbocycles. The number of carbonyl (C=O) groups is 2. The molecule has 27 heavy (non-hydrogen) atoms. The molecule has 140 valence electrons. The number of urea groups is 1. The van der Waals surface area contributed by atoms with Crippen LogP contribution in [-0.2, 0) is 4.79 Å². The van der Waals surface area contributed by atoms with Crippen LogP contribution in [0.2, 0.25) is 5.02 Å². The van der Waals surface area contributed by atoms with Crippen molar-refractivity contribution in [2.24, 2.45) is 0 Å². The van der Waals surface area contributed by atoms with Crippen LogP contribution >= 0.6 is 11.6 Å². The molecule has 0 aromatic heterocycles. The molecule has 0 fully saturated rings. The minimum absolute atomic E-state index is 0.349. The Balaban J connectivity index is 2.00. The predicted octanol–water partition coefficient (Wildman–Crippen LogP) is 3.92. The molecule has 7 heteroatoms. The monoisotopic (exact) mass is 385 g/mol. The molecular formula is C20H20ClN3O3. The van der Waals surface area contributed by atoms with Gasteiger partial charge in [-0.25, -0.2) is 4.79 Å². The lowest BCUT2D eigenvalue weighted by molar-refractivity contribution is -0.113. The summed E-state index contributed by atoms with van der Waals surface area (Å²) in [4.78, 5) is 25.1. The van der Waals surface area contributed by atoms with Crippen molar-refractivity contribution in [2.45, 2.75) is 19.9 Å². The van der Waals surface area contributed by atoms with Crippen LogP contribution in [0, 0.1) is 6.92 Å². The maximum Gasteiger partial charge on any atom is 0.319 e. The third kappa shape index (κ3) is 3.90. The second kappa shape index (κ2) is 7.72. The average Bonchev–Trinajstić information content (AvgIpc) is 2.61. The first-order valence-corrected chi connectivity index (χ1v) is 8.77. The van der Waals surface area contributed by atoms with Crippen LogP contribution in [0.5, 0.6) is 5.75 Å². The van der Waals surface area contributed by atoms with Crippen LogP contribution < -0.4 is 20.7 Å². The third-order valence-electron chi connectivity index (χ3n) is 4.42. The first kappa shape index (κ1) is 18.8. The average molecular weight is 386 g/mol. The maximum absolute atomic E-state index is 13.1. The molecule has 0 saturated heterocycles. The maximum atomic E-state index is 13.1. The van der Waals surface area contributed by atoms with Gasteiger partial charge in [-0.3, -0.25) is 4.79 Å². The second-order valence-electron chi connectivity index (χ2n) is 6.23. The van der Waals surface area contributed by atoms with Crippen LogP contribution in [-0.4, -0.2) is 19.0 Å². The topological polar surface area (TPSA) is 79.5 Å². The lowest BCUT2D eigenvalue weighted by atomic mass is 9.92. The van der Waals surface area contributed by atoms with Gasteiger partial charge in [0.1, 0.15) is 5.75 Å². The van der Waals surface area contributed by atoms with E-state index in [0.717, 1.165) is 11.1 Å². The Bertz CT molecular complexity index is 940. The number of anilines is 1. The summed E-state index contributed by atoms with van der Waals surface area (Å²) in [7, 11) is 1.52. The van der Waals surface area contributed by atoms with Gasteiger partial charge in [0.2, 0.25) is 0 Å². The first-order valence-electron chi connectivity index (χ1n) is 8.39. The van der Waals surface area contributed by atoms with Gasteiger partial charge in [-0.15, -0.1) is 0 Å². The zero-order chi connectivity index (χ0) is 19.6. The van der Waals surface area contributed by atoms with Gasteiger partial charge >= 0.3 is 6.03 Å². The molecule has 3 N–H and O–H groups in total. The molecule has 0 spiro atoms. The fourth-order valence-electron chi connectivity index (χ4n) is 3.11. The normalized spacial score (nSPS) is 16.4. The van der Waals surface area contributed by atoms with Gasteiger partial charge in [-0.05, 0) is 43.2 Å². The third-order valence-corrected chi connectivity index (χ3v) is 4.66. The standard InChI is InChI=1S/C20H20ClN3O3/c1-11-6-4-5-7-14(11)18-17(12(2)22-20(26)24-18)19(25)23-15-10-13(21)8-9-16(15)27-3/h4-10,18H,1-3H3,(H,23,25)(H2,22,24,26)/t18-/m0/s1. The molecule has 3 amide bonds. The van der Waals surface area contributed by atoms with E-state index < -0.39 is 6.04 Å². The number of hydrogen-bond donors (Lipinski definition) is 3. The molecule has 1 heterocycles. The quantitative estimate of drug-likeness (QED) is 0.746. The Morgan fingerprint density at radius 3 is 2.63 bits per heavy atom.